The van der Waals surface area contributed by atoms with Crippen molar-refractivity contribution in [2.24, 2.45) is 5.10 Å². The number of carbonyl (C=O) groups excluding carboxylic acids is 4. The molecule has 3 aromatic rings. The maximum Gasteiger partial charge on any atom is 0.343 e. The van der Waals surface area contributed by atoms with Crippen molar-refractivity contribution in [2.45, 2.75) is 45.1 Å². The summed E-state index contributed by atoms with van der Waals surface area (Å²) in [5.74, 6) is -2.33. The number of rotatable bonds is 7. The molecule has 0 radical (unpaired) electrons. The Bertz CT molecular complexity index is 1380. The minimum Gasteiger partial charge on any atom is -0.423 e. The highest BCUT2D eigenvalue weighted by Gasteiger charge is 2.21. The molecule has 200 valence electrons. The van der Waals surface area contributed by atoms with Gasteiger partial charge in [0.25, 0.3) is 5.91 Å². The van der Waals surface area contributed by atoms with Gasteiger partial charge in [-0.15, -0.1) is 0 Å². The van der Waals surface area contributed by atoms with E-state index >= 15 is 0 Å². The lowest BCUT2D eigenvalue weighted by Gasteiger charge is -2.23. The van der Waals surface area contributed by atoms with Crippen LogP contribution in [0.4, 0.5) is 5.69 Å². The third-order valence-corrected chi connectivity index (χ3v) is 6.40. The molecular weight excluding hydrogens is 496 g/mol. The Kier molecular flexibility index (Phi) is 9.18. The zero-order chi connectivity index (χ0) is 27.6. The maximum absolute atomic E-state index is 12.8. The Morgan fingerprint density at radius 3 is 2.21 bits per heavy atom. The van der Waals surface area contributed by atoms with Gasteiger partial charge in [-0.25, -0.2) is 10.2 Å². The number of nitrogens with one attached hydrogen (secondary N) is 3. The molecule has 3 amide bonds. The normalized spacial score (nSPS) is 13.5. The van der Waals surface area contributed by atoms with Crippen LogP contribution >= 0.6 is 0 Å². The molecule has 4 rings (SSSR count). The number of hydrogen-bond donors (Lipinski definition) is 3. The number of anilines is 1. The van der Waals surface area contributed by atoms with E-state index in [0.717, 1.165) is 31.2 Å². The van der Waals surface area contributed by atoms with Gasteiger partial charge >= 0.3 is 17.8 Å². The second kappa shape index (κ2) is 13.1. The lowest BCUT2D eigenvalue weighted by Crippen LogP contribution is -2.37. The average molecular weight is 527 g/mol. The predicted molar refractivity (Wildman–Crippen MR) is 148 cm³/mol. The van der Waals surface area contributed by atoms with Gasteiger partial charge in [-0.2, -0.15) is 5.10 Å². The minimum atomic E-state index is -0.988. The largest absolute Gasteiger partial charge is 0.423 e. The smallest absolute Gasteiger partial charge is 0.343 e. The summed E-state index contributed by atoms with van der Waals surface area (Å²) in [5, 5.41) is 9.32. The summed E-state index contributed by atoms with van der Waals surface area (Å²) >= 11 is 0. The highest BCUT2D eigenvalue weighted by Crippen LogP contribution is 2.20. The zero-order valence-electron chi connectivity index (χ0n) is 21.6. The van der Waals surface area contributed by atoms with Crippen LogP contribution in [0.5, 0.6) is 5.75 Å². The molecule has 1 aliphatic rings. The lowest BCUT2D eigenvalue weighted by atomic mass is 9.95. The van der Waals surface area contributed by atoms with Gasteiger partial charge in [0.05, 0.1) is 23.0 Å². The van der Waals surface area contributed by atoms with Gasteiger partial charge in [-0.05, 0) is 73.4 Å². The molecule has 3 N–H and O–H groups in total. The highest BCUT2D eigenvalue weighted by molar-refractivity contribution is 6.40. The number of amides is 3. The van der Waals surface area contributed by atoms with Crippen LogP contribution in [0.3, 0.4) is 0 Å². The fourth-order valence-electron chi connectivity index (χ4n) is 4.28. The van der Waals surface area contributed by atoms with Crippen LogP contribution in [0, 0.1) is 6.92 Å². The molecule has 9 heteroatoms. The Balaban J connectivity index is 1.29. The zero-order valence-corrected chi connectivity index (χ0v) is 21.6. The maximum atomic E-state index is 12.8. The first-order valence-corrected chi connectivity index (χ1v) is 12.8. The van der Waals surface area contributed by atoms with Crippen molar-refractivity contribution >= 4 is 35.6 Å². The number of hydrazone groups is 1. The summed E-state index contributed by atoms with van der Waals surface area (Å²) < 4.78 is 5.40. The fourth-order valence-corrected chi connectivity index (χ4v) is 4.28. The molecule has 1 fully saturated rings. The van der Waals surface area contributed by atoms with E-state index in [9.17, 15) is 19.2 Å². The number of hydrogen-bond acceptors (Lipinski definition) is 6. The van der Waals surface area contributed by atoms with Crippen molar-refractivity contribution in [3.05, 3.63) is 95.1 Å². The topological polar surface area (TPSA) is 126 Å². The van der Waals surface area contributed by atoms with Gasteiger partial charge in [-0.3, -0.25) is 14.4 Å². The van der Waals surface area contributed by atoms with E-state index in [2.05, 4.69) is 21.2 Å². The monoisotopic (exact) mass is 526 g/mol. The summed E-state index contributed by atoms with van der Waals surface area (Å²) in [6, 6.07) is 20.3. The molecule has 3 aromatic carbocycles. The number of para-hydroxylation sites is 1. The van der Waals surface area contributed by atoms with Gasteiger partial charge in [-0.1, -0.05) is 49.6 Å². The molecule has 0 spiro atoms. The van der Waals surface area contributed by atoms with Gasteiger partial charge in [0.2, 0.25) is 0 Å². The van der Waals surface area contributed by atoms with E-state index in [-0.39, 0.29) is 23.2 Å². The summed E-state index contributed by atoms with van der Waals surface area (Å²) in [5.41, 5.74) is 4.61. The van der Waals surface area contributed by atoms with Crippen LogP contribution in [0.2, 0.25) is 0 Å². The second-order valence-electron chi connectivity index (χ2n) is 9.28. The van der Waals surface area contributed by atoms with Gasteiger partial charge < -0.3 is 15.4 Å². The average Bonchev–Trinajstić information content (AvgIpc) is 2.95. The van der Waals surface area contributed by atoms with Crippen LogP contribution in [0.25, 0.3) is 0 Å². The molecule has 0 unspecified atom stereocenters. The predicted octanol–water partition coefficient (Wildman–Crippen LogP) is 4.37. The molecule has 0 aromatic heterocycles. The quantitative estimate of drug-likeness (QED) is 0.139. The van der Waals surface area contributed by atoms with Crippen molar-refractivity contribution < 1.29 is 23.9 Å². The van der Waals surface area contributed by atoms with Crippen molar-refractivity contribution in [2.75, 3.05) is 5.32 Å². The van der Waals surface area contributed by atoms with E-state index in [1.165, 1.54) is 12.6 Å². The van der Waals surface area contributed by atoms with Gasteiger partial charge in [0, 0.05) is 6.04 Å². The Labute approximate surface area is 226 Å². The number of aryl methyl sites for hydroxylation is 1. The Morgan fingerprint density at radius 2 is 1.49 bits per heavy atom. The van der Waals surface area contributed by atoms with E-state index in [1.807, 2.05) is 19.1 Å². The SMILES string of the molecule is Cc1ccccc1C(=O)Oc1ccc(/C=N/NC(=O)C(=O)Nc2ccccc2C(=O)NC2CCCCC2)cc1. The van der Waals surface area contributed by atoms with Crippen LogP contribution in [-0.2, 0) is 9.59 Å². The lowest BCUT2D eigenvalue weighted by molar-refractivity contribution is -0.136. The number of esters is 1. The van der Waals surface area contributed by atoms with Crippen LogP contribution in [0.1, 0.15) is 63.9 Å². The van der Waals surface area contributed by atoms with Crippen molar-refractivity contribution in [1.29, 1.82) is 0 Å². The van der Waals surface area contributed by atoms with E-state index in [4.69, 9.17) is 4.74 Å². The molecule has 0 atom stereocenters. The molecule has 1 saturated carbocycles. The summed E-state index contributed by atoms with van der Waals surface area (Å²) in [4.78, 5) is 49.8. The number of carbonyl (C=O) groups is 4. The summed E-state index contributed by atoms with van der Waals surface area (Å²) in [6.45, 7) is 1.83. The third kappa shape index (κ3) is 7.61. The molecule has 0 saturated heterocycles. The second-order valence-corrected chi connectivity index (χ2v) is 9.28. The van der Waals surface area contributed by atoms with Crippen LogP contribution in [0.15, 0.2) is 77.9 Å². The summed E-state index contributed by atoms with van der Waals surface area (Å²) in [6.07, 6.45) is 6.55. The molecule has 9 nitrogen and oxygen atoms in total. The van der Waals surface area contributed by atoms with E-state index < -0.39 is 17.8 Å². The van der Waals surface area contributed by atoms with E-state index in [0.29, 0.717) is 16.9 Å². The first kappa shape index (κ1) is 27.3. The molecule has 0 heterocycles. The third-order valence-electron chi connectivity index (χ3n) is 6.40. The van der Waals surface area contributed by atoms with Crippen molar-refractivity contribution in [1.82, 2.24) is 10.7 Å². The Hall–Kier alpha value is -4.79. The minimum absolute atomic E-state index is 0.113. The number of benzene rings is 3. The van der Waals surface area contributed by atoms with Crippen LogP contribution in [-0.4, -0.2) is 35.9 Å². The molecule has 0 aliphatic heterocycles. The highest BCUT2D eigenvalue weighted by atomic mass is 16.5. The van der Waals surface area contributed by atoms with Gasteiger partial charge in [0.15, 0.2) is 0 Å². The van der Waals surface area contributed by atoms with Crippen molar-refractivity contribution in [3.63, 3.8) is 0 Å². The molecule has 1 aliphatic carbocycles. The van der Waals surface area contributed by atoms with Gasteiger partial charge in [0.1, 0.15) is 5.75 Å². The van der Waals surface area contributed by atoms with Crippen LogP contribution < -0.4 is 20.8 Å². The standard InChI is InChI=1S/C30H30N4O5/c1-20-9-5-6-12-24(20)30(38)39-23-17-15-21(16-18-23)19-31-34-29(37)28(36)33-26-14-8-7-13-25(26)27(35)32-22-10-3-2-4-11-22/h5-9,12-19,22H,2-4,10-11H2,1H3,(H,32,35)(H,33,36)(H,34,37)/b31-19+. The Morgan fingerprint density at radius 1 is 0.821 bits per heavy atom. The fraction of sp³-hybridized carbons (Fsp3) is 0.233. The number of ether oxygens (including phenoxy) is 1. The molecule has 39 heavy (non-hydrogen) atoms. The summed E-state index contributed by atoms with van der Waals surface area (Å²) in [7, 11) is 0. The first-order chi connectivity index (χ1) is 18.9. The van der Waals surface area contributed by atoms with Crippen molar-refractivity contribution in [3.8, 4) is 5.75 Å². The molecular formula is C30H30N4O5. The molecule has 0 bridgehead atoms. The first-order valence-electron chi connectivity index (χ1n) is 12.8. The van der Waals surface area contributed by atoms with E-state index in [1.54, 1.807) is 60.7 Å². The number of nitrogens with zero attached hydrogens (tertiary/aromatic N) is 1.